The van der Waals surface area contributed by atoms with Crippen LogP contribution >= 0.6 is 0 Å². The Bertz CT molecular complexity index is 1210. The van der Waals surface area contributed by atoms with Gasteiger partial charge < -0.3 is 33.8 Å². The van der Waals surface area contributed by atoms with Gasteiger partial charge in [-0.2, -0.15) is 0 Å². The number of unbranched alkanes of at least 4 members (excludes halogenated alkanes) is 1. The third kappa shape index (κ3) is 8.72. The number of imidazole rings is 1. The lowest BCUT2D eigenvalue weighted by molar-refractivity contribution is -0.142. The number of carbonyl (C=O) groups is 3. The highest BCUT2D eigenvalue weighted by molar-refractivity contribution is 5.93. The highest BCUT2D eigenvalue weighted by Crippen LogP contribution is 2.29. The monoisotopic (exact) mass is 613 g/mol. The number of aliphatic hydroxyl groups excluding tert-OH is 1. The molecule has 1 aromatic heterocycles. The molecule has 2 aliphatic heterocycles. The van der Waals surface area contributed by atoms with Crippen molar-refractivity contribution in [3.63, 3.8) is 0 Å². The van der Waals surface area contributed by atoms with Crippen molar-refractivity contribution in [1.82, 2.24) is 24.3 Å². The van der Waals surface area contributed by atoms with Crippen LogP contribution in [0.25, 0.3) is 5.57 Å². The van der Waals surface area contributed by atoms with Crippen molar-refractivity contribution < 1.29 is 29.0 Å². The van der Waals surface area contributed by atoms with E-state index < -0.39 is 17.6 Å². The van der Waals surface area contributed by atoms with Crippen LogP contribution in [0.4, 0.5) is 4.79 Å². The molecule has 1 aromatic rings. The van der Waals surface area contributed by atoms with Gasteiger partial charge >= 0.3 is 6.09 Å². The lowest BCUT2D eigenvalue weighted by Gasteiger charge is -2.44. The lowest BCUT2D eigenvalue weighted by atomic mass is 9.91. The normalized spacial score (nSPS) is 20.9. The fraction of sp³-hybridized carbons (Fsp3) is 0.697. The van der Waals surface area contributed by atoms with Gasteiger partial charge in [-0.3, -0.25) is 9.59 Å². The number of hydrogen-bond acceptors (Lipinski definition) is 7. The summed E-state index contributed by atoms with van der Waals surface area (Å²) in [5.74, 6) is 0.283. The number of nitrogens with zero attached hydrogens (tertiary/aromatic N) is 5. The van der Waals surface area contributed by atoms with Crippen molar-refractivity contribution in [3.05, 3.63) is 35.9 Å². The van der Waals surface area contributed by atoms with Gasteiger partial charge in [0.2, 0.25) is 5.91 Å². The molecule has 44 heavy (non-hydrogen) atoms. The van der Waals surface area contributed by atoms with Crippen molar-refractivity contribution >= 4 is 23.5 Å². The summed E-state index contributed by atoms with van der Waals surface area (Å²) in [7, 11) is 0. The number of aliphatic hydroxyl groups is 1. The molecule has 3 aliphatic rings. The molecule has 2 atom stereocenters. The zero-order chi connectivity index (χ0) is 31.9. The largest absolute Gasteiger partial charge is 0.444 e. The first-order valence-corrected chi connectivity index (χ1v) is 16.2. The molecule has 0 aromatic carbocycles. The van der Waals surface area contributed by atoms with Gasteiger partial charge in [0, 0.05) is 45.9 Å². The van der Waals surface area contributed by atoms with E-state index in [-0.39, 0.29) is 43.5 Å². The summed E-state index contributed by atoms with van der Waals surface area (Å²) in [4.78, 5) is 51.7. The van der Waals surface area contributed by atoms with Crippen LogP contribution < -0.4 is 0 Å². The topological polar surface area (TPSA) is 117 Å². The van der Waals surface area contributed by atoms with Crippen LogP contribution in [0.15, 0.2) is 24.4 Å². The van der Waals surface area contributed by atoms with E-state index in [2.05, 4.69) is 26.0 Å². The molecule has 11 nitrogen and oxygen atoms in total. The van der Waals surface area contributed by atoms with Gasteiger partial charge in [-0.1, -0.05) is 32.1 Å². The van der Waals surface area contributed by atoms with E-state index in [1.807, 2.05) is 41.2 Å². The molecular formula is C33H51N5O6. The van der Waals surface area contributed by atoms with E-state index in [0.29, 0.717) is 64.3 Å². The third-order valence-electron chi connectivity index (χ3n) is 8.18. The molecule has 11 heteroatoms. The van der Waals surface area contributed by atoms with E-state index in [0.717, 1.165) is 24.2 Å². The van der Waals surface area contributed by atoms with Gasteiger partial charge in [0.15, 0.2) is 0 Å². The molecule has 1 N–H and O–H groups in total. The van der Waals surface area contributed by atoms with Crippen LogP contribution in [-0.4, -0.2) is 111 Å². The summed E-state index contributed by atoms with van der Waals surface area (Å²) >= 11 is 0. The predicted molar refractivity (Wildman–Crippen MR) is 168 cm³/mol. The molecule has 0 saturated carbocycles. The van der Waals surface area contributed by atoms with Crippen molar-refractivity contribution in [2.45, 2.75) is 84.9 Å². The molecule has 2 fully saturated rings. The quantitative estimate of drug-likeness (QED) is 0.397. The fourth-order valence-electron chi connectivity index (χ4n) is 6.13. The second kappa shape index (κ2) is 15.2. The minimum Gasteiger partial charge on any atom is -0.444 e. The Morgan fingerprint density at radius 3 is 2.52 bits per heavy atom. The van der Waals surface area contributed by atoms with Gasteiger partial charge in [-0.05, 0) is 64.4 Å². The summed E-state index contributed by atoms with van der Waals surface area (Å²) in [6.07, 6.45) is 10.9. The Hall–Kier alpha value is -3.18. The van der Waals surface area contributed by atoms with E-state index in [1.54, 1.807) is 11.1 Å². The summed E-state index contributed by atoms with van der Waals surface area (Å²) in [6.45, 7) is 13.2. The number of carbonyl (C=O) groups excluding carboxylic acids is 3. The first kappa shape index (κ1) is 33.7. The third-order valence-corrected chi connectivity index (χ3v) is 8.18. The highest BCUT2D eigenvalue weighted by Gasteiger charge is 2.41. The van der Waals surface area contributed by atoms with Crippen molar-refractivity contribution in [1.29, 1.82) is 0 Å². The first-order valence-electron chi connectivity index (χ1n) is 16.2. The molecule has 0 bridgehead atoms. The molecule has 0 spiro atoms. The van der Waals surface area contributed by atoms with Gasteiger partial charge in [0.25, 0.3) is 5.91 Å². The van der Waals surface area contributed by atoms with Gasteiger partial charge in [-0.15, -0.1) is 0 Å². The second-order valence-electron chi connectivity index (χ2n) is 13.5. The summed E-state index contributed by atoms with van der Waals surface area (Å²) in [5.41, 5.74) is 0.872. The Labute approximate surface area is 261 Å². The van der Waals surface area contributed by atoms with Crippen LogP contribution in [0.3, 0.4) is 0 Å². The molecule has 2 saturated heterocycles. The van der Waals surface area contributed by atoms with Gasteiger partial charge in [0.05, 0.1) is 31.4 Å². The molecule has 4 rings (SSSR count). The van der Waals surface area contributed by atoms with Gasteiger partial charge in [-0.25, -0.2) is 9.78 Å². The Morgan fingerprint density at radius 2 is 1.89 bits per heavy atom. The van der Waals surface area contributed by atoms with Crippen LogP contribution in [0.2, 0.25) is 0 Å². The van der Waals surface area contributed by atoms with E-state index in [4.69, 9.17) is 14.5 Å². The molecular weight excluding hydrogens is 562 g/mol. The number of amides is 3. The molecule has 3 heterocycles. The average Bonchev–Trinajstić information content (AvgIpc) is 3.43. The molecule has 0 unspecified atom stereocenters. The number of likely N-dealkylation sites (tertiary alicyclic amines) is 1. The first-order chi connectivity index (χ1) is 21.0. The van der Waals surface area contributed by atoms with Crippen molar-refractivity contribution in [2.75, 3.05) is 52.5 Å². The summed E-state index contributed by atoms with van der Waals surface area (Å²) in [5, 5.41) is 9.45. The highest BCUT2D eigenvalue weighted by atomic mass is 16.6. The zero-order valence-corrected chi connectivity index (χ0v) is 27.2. The summed E-state index contributed by atoms with van der Waals surface area (Å²) in [6, 6.07) is -0.387. The standard InChI is InChI=1S/C33H51N5O6/c1-24(2)21-38(31(41)28-20-34-29(25-11-7-6-8-12-25)37(28)13-9-10-16-39)27-19-26(30(40)35-14-17-43-18-15-35)22-36(23-27)32(42)44-33(3,4)5/h6-7,11,20,24,26-27,39H,8-10,12-19,21-23H2,1-5H3/t26-,27+/m1/s1. The summed E-state index contributed by atoms with van der Waals surface area (Å²) < 4.78 is 13.2. The van der Waals surface area contributed by atoms with Crippen molar-refractivity contribution in [3.8, 4) is 0 Å². The van der Waals surface area contributed by atoms with Crippen molar-refractivity contribution in [2.24, 2.45) is 11.8 Å². The smallest absolute Gasteiger partial charge is 0.410 e. The Kier molecular flexibility index (Phi) is 11.6. The minimum atomic E-state index is -0.693. The number of ether oxygens (including phenoxy) is 2. The maximum atomic E-state index is 14.5. The number of piperidine rings is 1. The van der Waals surface area contributed by atoms with Crippen LogP contribution in [0, 0.1) is 11.8 Å². The molecule has 0 radical (unpaired) electrons. The van der Waals surface area contributed by atoms with E-state index in [1.165, 1.54) is 0 Å². The minimum absolute atomic E-state index is 0.0165. The zero-order valence-electron chi connectivity index (χ0n) is 27.2. The Morgan fingerprint density at radius 1 is 1.14 bits per heavy atom. The van der Waals surface area contributed by atoms with E-state index in [9.17, 15) is 19.5 Å². The van der Waals surface area contributed by atoms with Crippen LogP contribution in [-0.2, 0) is 20.8 Å². The number of aromatic nitrogens is 2. The molecule has 244 valence electrons. The van der Waals surface area contributed by atoms with Crippen LogP contribution in [0.5, 0.6) is 0 Å². The maximum absolute atomic E-state index is 14.5. The lowest BCUT2D eigenvalue weighted by Crippen LogP contribution is -2.58. The maximum Gasteiger partial charge on any atom is 0.410 e. The molecule has 3 amide bonds. The fourth-order valence-corrected chi connectivity index (χ4v) is 6.13. The van der Waals surface area contributed by atoms with Crippen LogP contribution in [0.1, 0.15) is 83.0 Å². The average molecular weight is 614 g/mol. The van der Waals surface area contributed by atoms with E-state index >= 15 is 0 Å². The number of morpholine rings is 1. The number of allylic oxidation sites excluding steroid dienone is 4. The number of hydrogen-bond donors (Lipinski definition) is 1. The number of rotatable bonds is 10. The SMILES string of the molecule is CC(C)CN(C(=O)c1cnc(C2=CC=CCC2)n1CCCCO)[C@H]1C[C@@H](C(=O)N2CCOCC2)CN(C(=O)OC(C)(C)C)C1. The predicted octanol–water partition coefficient (Wildman–Crippen LogP) is 3.97. The second-order valence-corrected chi connectivity index (χ2v) is 13.5. The Balaban J connectivity index is 1.68. The van der Waals surface area contributed by atoms with Gasteiger partial charge in [0.1, 0.15) is 17.1 Å². The molecule has 1 aliphatic carbocycles.